The molecule has 0 saturated heterocycles. The molecule has 2 aromatic rings. The number of hydrogen-bond acceptors (Lipinski definition) is 1. The van der Waals surface area contributed by atoms with Crippen LogP contribution in [-0.2, 0) is 0 Å². The van der Waals surface area contributed by atoms with Crippen molar-refractivity contribution in [2.75, 3.05) is 6.61 Å². The van der Waals surface area contributed by atoms with E-state index in [4.69, 9.17) is 4.74 Å². The lowest BCUT2D eigenvalue weighted by molar-refractivity contribution is 0.340. The standard InChI is InChI=1S/C14H14O.C5H10/c1-2-15-14-10-8-13(9-11-14)12-6-4-3-5-7-12;1-4-5(2)3/h3-11H,2H2,1H3;4H,1-3H3. The summed E-state index contributed by atoms with van der Waals surface area (Å²) < 4.78 is 5.40. The molecule has 0 radical (unpaired) electrons. The van der Waals surface area contributed by atoms with Gasteiger partial charge in [-0.15, -0.1) is 0 Å². The second kappa shape index (κ2) is 8.98. The van der Waals surface area contributed by atoms with Crippen molar-refractivity contribution in [3.63, 3.8) is 0 Å². The van der Waals surface area contributed by atoms with E-state index in [-0.39, 0.29) is 0 Å². The summed E-state index contributed by atoms with van der Waals surface area (Å²) >= 11 is 0. The SMILES string of the molecule is CC=C(C)C.CCOc1ccc(-c2ccccc2)cc1. The van der Waals surface area contributed by atoms with Gasteiger partial charge in [-0.2, -0.15) is 0 Å². The van der Waals surface area contributed by atoms with Crippen molar-refractivity contribution in [2.24, 2.45) is 0 Å². The summed E-state index contributed by atoms with van der Waals surface area (Å²) in [7, 11) is 0. The maximum atomic E-state index is 5.40. The van der Waals surface area contributed by atoms with Crippen molar-refractivity contribution in [3.05, 3.63) is 66.2 Å². The molecule has 0 amide bonds. The van der Waals surface area contributed by atoms with Gasteiger partial charge in [-0.1, -0.05) is 54.1 Å². The molecular weight excluding hydrogens is 244 g/mol. The zero-order chi connectivity index (χ0) is 14.8. The molecule has 0 unspecified atom stereocenters. The molecule has 2 rings (SSSR count). The first-order valence-electron chi connectivity index (χ1n) is 7.05. The number of hydrogen-bond donors (Lipinski definition) is 0. The van der Waals surface area contributed by atoms with Crippen molar-refractivity contribution in [1.82, 2.24) is 0 Å². The van der Waals surface area contributed by atoms with Crippen LogP contribution in [0.15, 0.2) is 66.2 Å². The molecule has 0 spiro atoms. The third-order valence-electron chi connectivity index (χ3n) is 2.85. The number of allylic oxidation sites excluding steroid dienone is 2. The molecule has 1 nitrogen and oxygen atoms in total. The van der Waals surface area contributed by atoms with Gasteiger partial charge in [0.1, 0.15) is 5.75 Å². The Morgan fingerprint density at radius 3 is 1.85 bits per heavy atom. The molecule has 0 fully saturated rings. The minimum Gasteiger partial charge on any atom is -0.494 e. The smallest absolute Gasteiger partial charge is 0.119 e. The molecule has 0 bridgehead atoms. The fourth-order valence-corrected chi connectivity index (χ4v) is 1.54. The average Bonchev–Trinajstić information content (AvgIpc) is 2.50. The van der Waals surface area contributed by atoms with Gasteiger partial charge in [-0.25, -0.2) is 0 Å². The quantitative estimate of drug-likeness (QED) is 0.646. The highest BCUT2D eigenvalue weighted by Gasteiger charge is 1.96. The van der Waals surface area contributed by atoms with Crippen LogP contribution in [0.25, 0.3) is 11.1 Å². The second-order valence-corrected chi connectivity index (χ2v) is 4.69. The van der Waals surface area contributed by atoms with Gasteiger partial charge >= 0.3 is 0 Å². The van der Waals surface area contributed by atoms with Crippen molar-refractivity contribution < 1.29 is 4.74 Å². The molecule has 0 aliphatic carbocycles. The first kappa shape index (κ1) is 16.0. The number of rotatable bonds is 3. The van der Waals surface area contributed by atoms with Crippen LogP contribution in [0, 0.1) is 0 Å². The normalized spacial score (nSPS) is 9.20. The lowest BCUT2D eigenvalue weighted by Gasteiger charge is -2.04. The van der Waals surface area contributed by atoms with E-state index in [9.17, 15) is 0 Å². The first-order valence-corrected chi connectivity index (χ1v) is 7.05. The van der Waals surface area contributed by atoms with Gasteiger partial charge in [0.25, 0.3) is 0 Å². The van der Waals surface area contributed by atoms with E-state index in [2.05, 4.69) is 44.2 Å². The van der Waals surface area contributed by atoms with E-state index in [0.717, 1.165) is 5.75 Å². The Labute approximate surface area is 122 Å². The van der Waals surface area contributed by atoms with Crippen LogP contribution < -0.4 is 4.74 Å². The molecule has 0 heterocycles. The van der Waals surface area contributed by atoms with Crippen LogP contribution in [0.2, 0.25) is 0 Å². The van der Waals surface area contributed by atoms with Gasteiger partial charge in [-0.05, 0) is 51.0 Å². The molecule has 20 heavy (non-hydrogen) atoms. The largest absolute Gasteiger partial charge is 0.494 e. The van der Waals surface area contributed by atoms with E-state index in [1.165, 1.54) is 16.7 Å². The molecule has 0 saturated carbocycles. The Kier molecular flexibility index (Phi) is 7.20. The third kappa shape index (κ3) is 5.75. The van der Waals surface area contributed by atoms with Crippen molar-refractivity contribution >= 4 is 0 Å². The first-order chi connectivity index (χ1) is 9.67. The zero-order valence-electron chi connectivity index (χ0n) is 12.9. The molecule has 0 aliphatic rings. The fourth-order valence-electron chi connectivity index (χ4n) is 1.54. The van der Waals surface area contributed by atoms with Crippen LogP contribution in [0.5, 0.6) is 5.75 Å². The highest BCUT2D eigenvalue weighted by Crippen LogP contribution is 2.21. The summed E-state index contributed by atoms with van der Waals surface area (Å²) in [6.07, 6.45) is 2.08. The van der Waals surface area contributed by atoms with Crippen LogP contribution in [0.1, 0.15) is 27.7 Å². The van der Waals surface area contributed by atoms with Gasteiger partial charge in [0.2, 0.25) is 0 Å². The van der Waals surface area contributed by atoms with Crippen molar-refractivity contribution in [3.8, 4) is 16.9 Å². The van der Waals surface area contributed by atoms with Crippen LogP contribution >= 0.6 is 0 Å². The summed E-state index contributed by atoms with van der Waals surface area (Å²) in [5, 5.41) is 0. The minimum absolute atomic E-state index is 0.713. The Balaban J connectivity index is 0.000000347. The number of benzene rings is 2. The second-order valence-electron chi connectivity index (χ2n) is 4.69. The Morgan fingerprint density at radius 1 is 0.900 bits per heavy atom. The lowest BCUT2D eigenvalue weighted by atomic mass is 10.1. The molecule has 1 heteroatoms. The molecule has 0 N–H and O–H groups in total. The van der Waals surface area contributed by atoms with E-state index in [1.807, 2.05) is 44.2 Å². The fraction of sp³-hybridized carbons (Fsp3) is 0.263. The lowest BCUT2D eigenvalue weighted by Crippen LogP contribution is -1.90. The topological polar surface area (TPSA) is 9.23 Å². The Hall–Kier alpha value is -2.02. The summed E-state index contributed by atoms with van der Waals surface area (Å²) in [5.74, 6) is 0.928. The molecule has 0 aromatic heterocycles. The average molecular weight is 268 g/mol. The van der Waals surface area contributed by atoms with Crippen LogP contribution in [0.4, 0.5) is 0 Å². The molecule has 0 atom stereocenters. The number of ether oxygens (including phenoxy) is 1. The predicted octanol–water partition coefficient (Wildman–Crippen LogP) is 5.72. The van der Waals surface area contributed by atoms with Gasteiger partial charge in [0.15, 0.2) is 0 Å². The summed E-state index contributed by atoms with van der Waals surface area (Å²) in [5.41, 5.74) is 3.84. The van der Waals surface area contributed by atoms with Crippen molar-refractivity contribution in [2.45, 2.75) is 27.7 Å². The van der Waals surface area contributed by atoms with E-state index in [0.29, 0.717) is 6.61 Å². The van der Waals surface area contributed by atoms with Crippen LogP contribution in [0.3, 0.4) is 0 Å². The van der Waals surface area contributed by atoms with Gasteiger partial charge in [0.05, 0.1) is 6.61 Å². The molecule has 106 valence electrons. The van der Waals surface area contributed by atoms with E-state index < -0.39 is 0 Å². The van der Waals surface area contributed by atoms with Gasteiger partial charge in [0, 0.05) is 0 Å². The minimum atomic E-state index is 0.713. The Bertz CT molecular complexity index is 505. The summed E-state index contributed by atoms with van der Waals surface area (Å²) in [6.45, 7) is 8.91. The molecule has 0 aliphatic heterocycles. The predicted molar refractivity (Wildman–Crippen MR) is 88.2 cm³/mol. The third-order valence-corrected chi connectivity index (χ3v) is 2.85. The van der Waals surface area contributed by atoms with Gasteiger partial charge in [-0.3, -0.25) is 0 Å². The van der Waals surface area contributed by atoms with Crippen molar-refractivity contribution in [1.29, 1.82) is 0 Å². The maximum absolute atomic E-state index is 5.40. The van der Waals surface area contributed by atoms with Crippen LogP contribution in [-0.4, -0.2) is 6.61 Å². The highest BCUT2D eigenvalue weighted by atomic mass is 16.5. The molecular formula is C19H24O. The zero-order valence-corrected chi connectivity index (χ0v) is 12.9. The maximum Gasteiger partial charge on any atom is 0.119 e. The monoisotopic (exact) mass is 268 g/mol. The van der Waals surface area contributed by atoms with E-state index in [1.54, 1.807) is 0 Å². The van der Waals surface area contributed by atoms with Gasteiger partial charge < -0.3 is 4.74 Å². The Morgan fingerprint density at radius 2 is 1.40 bits per heavy atom. The molecule has 2 aromatic carbocycles. The summed E-state index contributed by atoms with van der Waals surface area (Å²) in [4.78, 5) is 0. The van der Waals surface area contributed by atoms with E-state index >= 15 is 0 Å². The highest BCUT2D eigenvalue weighted by molar-refractivity contribution is 5.63. The summed E-state index contributed by atoms with van der Waals surface area (Å²) in [6, 6.07) is 18.5.